The highest BCUT2D eigenvalue weighted by molar-refractivity contribution is 7.89. The van der Waals surface area contributed by atoms with E-state index >= 15 is 0 Å². The lowest BCUT2D eigenvalue weighted by molar-refractivity contribution is 0.102. The summed E-state index contributed by atoms with van der Waals surface area (Å²) in [5.74, 6) is 0.128. The van der Waals surface area contributed by atoms with Gasteiger partial charge in [0.1, 0.15) is 6.61 Å². The highest BCUT2D eigenvalue weighted by Crippen LogP contribution is 2.24. The maximum absolute atomic E-state index is 12.8. The summed E-state index contributed by atoms with van der Waals surface area (Å²) in [6, 6.07) is 12.5. The summed E-state index contributed by atoms with van der Waals surface area (Å²) in [5.41, 5.74) is 1.24. The first kappa shape index (κ1) is 24.7. The van der Waals surface area contributed by atoms with E-state index in [1.807, 2.05) is 0 Å². The number of nitrogens with zero attached hydrogens (tertiary/aromatic N) is 1. The molecular weight excluding hydrogens is 446 g/mol. The number of nitrogens with one attached hydrogen (secondary N) is 2. The molecule has 0 atom stereocenters. The normalized spacial score (nSPS) is 15.1. The molecule has 2 aromatic carbocycles. The zero-order chi connectivity index (χ0) is 23.8. The van der Waals surface area contributed by atoms with Gasteiger partial charge in [-0.25, -0.2) is 13.2 Å². The van der Waals surface area contributed by atoms with E-state index in [0.717, 1.165) is 12.8 Å². The van der Waals surface area contributed by atoms with Gasteiger partial charge >= 0.3 is 6.09 Å². The maximum Gasteiger partial charge on any atom is 0.411 e. The molecule has 1 aliphatic rings. The second-order valence-corrected chi connectivity index (χ2v) is 9.84. The van der Waals surface area contributed by atoms with Gasteiger partial charge in [0, 0.05) is 37.1 Å². The molecule has 1 aliphatic heterocycles. The predicted molar refractivity (Wildman–Crippen MR) is 125 cm³/mol. The Bertz CT molecular complexity index is 1060. The molecule has 2 N–H and O–H groups in total. The zero-order valence-corrected chi connectivity index (χ0v) is 19.6. The van der Waals surface area contributed by atoms with Crippen LogP contribution in [-0.4, -0.2) is 58.1 Å². The predicted octanol–water partition coefficient (Wildman–Crippen LogP) is 3.55. The topological polar surface area (TPSA) is 114 Å². The van der Waals surface area contributed by atoms with Gasteiger partial charge < -0.3 is 14.8 Å². The third-order valence-electron chi connectivity index (χ3n) is 5.38. The van der Waals surface area contributed by atoms with Crippen LogP contribution in [0.2, 0.25) is 0 Å². The van der Waals surface area contributed by atoms with Gasteiger partial charge in [0.15, 0.2) is 0 Å². The summed E-state index contributed by atoms with van der Waals surface area (Å²) in [7, 11) is -2.06. The van der Waals surface area contributed by atoms with Crippen molar-refractivity contribution in [1.29, 1.82) is 0 Å². The van der Waals surface area contributed by atoms with E-state index in [1.54, 1.807) is 24.3 Å². The van der Waals surface area contributed by atoms with Crippen LogP contribution in [0.15, 0.2) is 53.4 Å². The molecule has 0 aromatic heterocycles. The molecule has 1 fully saturated rings. The van der Waals surface area contributed by atoms with Crippen molar-refractivity contribution in [2.45, 2.75) is 24.7 Å². The molecule has 33 heavy (non-hydrogen) atoms. The summed E-state index contributed by atoms with van der Waals surface area (Å²) >= 11 is 0. The number of hydrogen-bond donors (Lipinski definition) is 2. The van der Waals surface area contributed by atoms with Gasteiger partial charge in [-0.15, -0.1) is 0 Å². The largest absolute Gasteiger partial charge is 0.447 e. The second-order valence-electron chi connectivity index (χ2n) is 7.90. The lowest BCUT2D eigenvalue weighted by Gasteiger charge is -2.29. The van der Waals surface area contributed by atoms with E-state index in [9.17, 15) is 18.0 Å². The number of benzene rings is 2. The first-order valence-electron chi connectivity index (χ1n) is 10.7. The van der Waals surface area contributed by atoms with Crippen LogP contribution in [-0.2, 0) is 19.5 Å². The lowest BCUT2D eigenvalue weighted by atomic mass is 10.0. The van der Waals surface area contributed by atoms with Crippen LogP contribution in [0, 0.1) is 5.92 Å². The zero-order valence-electron chi connectivity index (χ0n) is 18.7. The minimum atomic E-state index is -3.57. The van der Waals surface area contributed by atoms with E-state index < -0.39 is 22.0 Å². The average molecular weight is 476 g/mol. The van der Waals surface area contributed by atoms with Crippen LogP contribution in [0.5, 0.6) is 0 Å². The van der Waals surface area contributed by atoms with Crippen molar-refractivity contribution in [1.82, 2.24) is 4.31 Å². The van der Waals surface area contributed by atoms with Gasteiger partial charge in [0.05, 0.1) is 11.5 Å². The van der Waals surface area contributed by atoms with Crippen LogP contribution in [0.25, 0.3) is 0 Å². The monoisotopic (exact) mass is 475 g/mol. The average Bonchev–Trinajstić information content (AvgIpc) is 2.80. The number of hydrogen-bond acceptors (Lipinski definition) is 6. The third-order valence-corrected chi connectivity index (χ3v) is 7.30. The Balaban J connectivity index is 1.61. The molecule has 178 valence electrons. The van der Waals surface area contributed by atoms with E-state index in [0.29, 0.717) is 42.6 Å². The van der Waals surface area contributed by atoms with Gasteiger partial charge in [-0.05, 0) is 61.2 Å². The van der Waals surface area contributed by atoms with Crippen molar-refractivity contribution in [3.05, 3.63) is 54.1 Å². The number of anilines is 2. The highest BCUT2D eigenvalue weighted by Gasteiger charge is 2.28. The first-order chi connectivity index (χ1) is 15.8. The van der Waals surface area contributed by atoms with Gasteiger partial charge in [0.2, 0.25) is 10.0 Å². The molecule has 9 nitrogen and oxygen atoms in total. The summed E-state index contributed by atoms with van der Waals surface area (Å²) in [5, 5.41) is 5.31. The molecule has 1 heterocycles. The Kier molecular flexibility index (Phi) is 8.43. The Morgan fingerprint density at radius 3 is 2.27 bits per heavy atom. The quantitative estimate of drug-likeness (QED) is 0.565. The van der Waals surface area contributed by atoms with E-state index in [4.69, 9.17) is 9.47 Å². The Labute approximate surface area is 194 Å². The first-order valence-corrected chi connectivity index (χ1v) is 12.2. The Hall–Kier alpha value is -2.95. The molecule has 0 unspecified atom stereocenters. The number of carbonyl (C=O) groups excluding carboxylic acids is 2. The van der Waals surface area contributed by atoms with Gasteiger partial charge in [-0.1, -0.05) is 13.0 Å². The molecule has 0 saturated carbocycles. The molecule has 1 saturated heterocycles. The summed E-state index contributed by atoms with van der Waals surface area (Å²) in [6.07, 6.45) is 1.06. The number of piperidine rings is 1. The fourth-order valence-electron chi connectivity index (χ4n) is 3.40. The number of carbonyl (C=O) groups is 2. The minimum absolute atomic E-state index is 0.126. The SMILES string of the molecule is COCCOC(=O)Nc1cccc(NC(=O)c2ccc(S(=O)(=O)N3CCC(C)CC3)cc2)c1. The van der Waals surface area contributed by atoms with Crippen LogP contribution in [0.4, 0.5) is 16.2 Å². The smallest absolute Gasteiger partial charge is 0.411 e. The van der Waals surface area contributed by atoms with Crippen molar-refractivity contribution in [3.63, 3.8) is 0 Å². The fourth-order valence-corrected chi connectivity index (χ4v) is 4.87. The van der Waals surface area contributed by atoms with Gasteiger partial charge in [0.25, 0.3) is 5.91 Å². The number of sulfonamides is 1. The second kappa shape index (κ2) is 11.3. The van der Waals surface area contributed by atoms with Crippen LogP contribution < -0.4 is 10.6 Å². The molecule has 0 spiro atoms. The molecule has 3 rings (SSSR count). The van der Waals surface area contributed by atoms with E-state index in [-0.39, 0.29) is 11.5 Å². The number of ether oxygens (including phenoxy) is 2. The molecule has 10 heteroatoms. The van der Waals surface area contributed by atoms with Crippen LogP contribution in [0.3, 0.4) is 0 Å². The van der Waals surface area contributed by atoms with E-state index in [2.05, 4.69) is 17.6 Å². The van der Waals surface area contributed by atoms with Crippen LogP contribution in [0.1, 0.15) is 30.1 Å². The van der Waals surface area contributed by atoms with Gasteiger partial charge in [-0.3, -0.25) is 10.1 Å². The van der Waals surface area contributed by atoms with Crippen molar-refractivity contribution in [2.75, 3.05) is 44.0 Å². The number of rotatable bonds is 8. The van der Waals surface area contributed by atoms with Crippen molar-refractivity contribution < 1.29 is 27.5 Å². The summed E-state index contributed by atoms with van der Waals surface area (Å²) in [6.45, 7) is 3.56. The van der Waals surface area contributed by atoms with Crippen molar-refractivity contribution >= 4 is 33.4 Å². The minimum Gasteiger partial charge on any atom is -0.447 e. The molecular formula is C23H29N3O6S. The number of amides is 2. The molecule has 0 aliphatic carbocycles. The standard InChI is InChI=1S/C23H29N3O6S/c1-17-10-12-26(13-11-17)33(29,30)21-8-6-18(7-9-21)22(27)24-19-4-3-5-20(16-19)25-23(28)32-15-14-31-2/h3-9,16-17H,10-15H2,1-2H3,(H,24,27)(H,25,28). The van der Waals surface area contributed by atoms with Gasteiger partial charge in [-0.2, -0.15) is 4.31 Å². The van der Waals surface area contributed by atoms with Crippen molar-refractivity contribution in [2.24, 2.45) is 5.92 Å². The highest BCUT2D eigenvalue weighted by atomic mass is 32.2. The van der Waals surface area contributed by atoms with E-state index in [1.165, 1.54) is 35.7 Å². The Morgan fingerprint density at radius 1 is 1.00 bits per heavy atom. The maximum atomic E-state index is 12.8. The van der Waals surface area contributed by atoms with Crippen LogP contribution >= 0.6 is 0 Å². The lowest BCUT2D eigenvalue weighted by Crippen LogP contribution is -2.37. The summed E-state index contributed by atoms with van der Waals surface area (Å²) in [4.78, 5) is 24.6. The summed E-state index contributed by atoms with van der Waals surface area (Å²) < 4.78 is 37.0. The molecule has 0 radical (unpaired) electrons. The van der Waals surface area contributed by atoms with Crippen molar-refractivity contribution in [3.8, 4) is 0 Å². The number of methoxy groups -OCH3 is 1. The fraction of sp³-hybridized carbons (Fsp3) is 0.391. The third kappa shape index (κ3) is 6.77. The molecule has 2 aromatic rings. The molecule has 2 amide bonds. The molecule has 0 bridgehead atoms. The Morgan fingerprint density at radius 2 is 1.64 bits per heavy atom.